The normalized spacial score (nSPS) is 25.1. The number of halogens is 5. The molecule has 13 heteroatoms. The van der Waals surface area contributed by atoms with Crippen molar-refractivity contribution in [2.24, 2.45) is 0 Å². The van der Waals surface area contributed by atoms with Gasteiger partial charge in [0.2, 0.25) is 0 Å². The van der Waals surface area contributed by atoms with Crippen LogP contribution < -0.4 is 0 Å². The van der Waals surface area contributed by atoms with Crippen molar-refractivity contribution < 1.29 is 31.5 Å². The van der Waals surface area contributed by atoms with Crippen molar-refractivity contribution in [1.82, 2.24) is 29.0 Å². The Morgan fingerprint density at radius 1 is 1.03 bits per heavy atom. The number of rotatable bonds is 3. The number of nitrogens with zero attached hydrogens (tertiary/aromatic N) is 6. The van der Waals surface area contributed by atoms with Gasteiger partial charge in [0.05, 0.1) is 29.6 Å². The zero-order chi connectivity index (χ0) is 25.6. The van der Waals surface area contributed by atoms with E-state index in [0.29, 0.717) is 6.07 Å². The summed E-state index contributed by atoms with van der Waals surface area (Å²) in [7, 11) is 0. The Morgan fingerprint density at radius 2 is 1.73 bits per heavy atom. The van der Waals surface area contributed by atoms with Crippen LogP contribution in [0.1, 0.15) is 36.2 Å². The molecule has 192 valence electrons. The molecule has 4 saturated heterocycles. The van der Waals surface area contributed by atoms with Gasteiger partial charge in [0, 0.05) is 35.9 Å². The number of amides is 1. The Kier molecular flexibility index (Phi) is 4.70. The lowest BCUT2D eigenvalue weighted by molar-refractivity contribution is -0.169. The largest absolute Gasteiger partial charge is 0.408 e. The third kappa shape index (κ3) is 3.58. The first kappa shape index (κ1) is 22.6. The van der Waals surface area contributed by atoms with E-state index >= 15 is 0 Å². The van der Waals surface area contributed by atoms with Gasteiger partial charge in [-0.3, -0.25) is 18.9 Å². The molecule has 4 aromatic rings. The maximum Gasteiger partial charge on any atom is 0.408 e. The molecule has 4 bridgehead atoms. The SMILES string of the molecule is O=C(c1cc2c(cn1)c(-c1cnc3c(F)cc(F)cn13)nn2CC(F)(F)F)N1C2CC3CC1CC(C2)O3. The van der Waals surface area contributed by atoms with E-state index in [1.807, 2.05) is 4.90 Å². The first-order valence-electron chi connectivity index (χ1n) is 11.9. The summed E-state index contributed by atoms with van der Waals surface area (Å²) in [6.07, 6.45) is 2.08. The molecule has 4 aliphatic heterocycles. The number of pyridine rings is 2. The van der Waals surface area contributed by atoms with Crippen LogP contribution in [0.25, 0.3) is 27.9 Å². The minimum atomic E-state index is -4.60. The van der Waals surface area contributed by atoms with Gasteiger partial charge in [-0.15, -0.1) is 0 Å². The van der Waals surface area contributed by atoms with Crippen molar-refractivity contribution in [1.29, 1.82) is 0 Å². The lowest BCUT2D eigenvalue weighted by Crippen LogP contribution is -2.63. The highest BCUT2D eigenvalue weighted by molar-refractivity contribution is 5.99. The third-order valence-electron chi connectivity index (χ3n) is 7.50. The predicted octanol–water partition coefficient (Wildman–Crippen LogP) is 4.12. The van der Waals surface area contributed by atoms with E-state index in [-0.39, 0.29) is 63.8 Å². The average Bonchev–Trinajstić information content (AvgIpc) is 3.38. The van der Waals surface area contributed by atoms with Crippen molar-refractivity contribution in [3.05, 3.63) is 48.1 Å². The highest BCUT2D eigenvalue weighted by atomic mass is 19.4. The van der Waals surface area contributed by atoms with Crippen LogP contribution in [0.2, 0.25) is 0 Å². The number of imidazole rings is 1. The Balaban J connectivity index is 1.34. The van der Waals surface area contributed by atoms with Crippen LogP contribution in [0.5, 0.6) is 0 Å². The fourth-order valence-corrected chi connectivity index (χ4v) is 6.16. The summed E-state index contributed by atoms with van der Waals surface area (Å²) in [6, 6.07) is 2.00. The Labute approximate surface area is 205 Å². The second-order valence-corrected chi connectivity index (χ2v) is 9.89. The summed E-state index contributed by atoms with van der Waals surface area (Å²) in [5.74, 6) is -2.15. The van der Waals surface area contributed by atoms with Crippen molar-refractivity contribution in [3.63, 3.8) is 0 Å². The van der Waals surface area contributed by atoms with Crippen LogP contribution in [0.4, 0.5) is 22.0 Å². The number of alkyl halides is 3. The van der Waals surface area contributed by atoms with Crippen molar-refractivity contribution in [2.45, 2.75) is 62.7 Å². The second kappa shape index (κ2) is 7.70. The molecule has 0 atom stereocenters. The van der Waals surface area contributed by atoms with E-state index < -0.39 is 24.4 Å². The molecule has 0 spiro atoms. The quantitative estimate of drug-likeness (QED) is 0.382. The number of piperidine rings is 2. The Bertz CT molecular complexity index is 1550. The van der Waals surface area contributed by atoms with Gasteiger partial charge < -0.3 is 9.64 Å². The summed E-state index contributed by atoms with van der Waals surface area (Å²) < 4.78 is 76.2. The van der Waals surface area contributed by atoms with Crippen LogP contribution >= 0.6 is 0 Å². The first-order chi connectivity index (χ1) is 17.6. The highest BCUT2D eigenvalue weighted by Gasteiger charge is 2.50. The fraction of sp³-hybridized carbons (Fsp3) is 0.417. The van der Waals surface area contributed by atoms with E-state index in [0.717, 1.165) is 41.0 Å². The molecular weight excluding hydrogens is 499 g/mol. The number of aromatic nitrogens is 5. The van der Waals surface area contributed by atoms with Crippen LogP contribution in [-0.2, 0) is 11.3 Å². The number of fused-ring (bicyclic) bond motifs is 2. The molecule has 1 amide bonds. The number of carbonyl (C=O) groups excluding carboxylic acids is 1. The standard InChI is InChI=1S/C24H19F5N6O2/c25-11-1-17(26)22-31-8-20(33(22)9-11)21-16-7-30-18(6-19(16)34(32-21)10-24(27,28)29)23(36)35-12-2-14-4-13(35)5-15(3-12)37-14/h1,6-9,12-15H,2-5,10H2. The summed E-state index contributed by atoms with van der Waals surface area (Å²) in [5.41, 5.74) is -0.0505. The van der Waals surface area contributed by atoms with Gasteiger partial charge in [0.1, 0.15) is 23.7 Å². The van der Waals surface area contributed by atoms with Gasteiger partial charge in [-0.1, -0.05) is 0 Å². The molecule has 4 aliphatic rings. The molecule has 37 heavy (non-hydrogen) atoms. The molecule has 0 saturated carbocycles. The molecule has 0 aromatic carbocycles. The number of hydrogen-bond acceptors (Lipinski definition) is 5. The third-order valence-corrected chi connectivity index (χ3v) is 7.50. The summed E-state index contributed by atoms with van der Waals surface area (Å²) in [5, 5.41) is 4.32. The van der Waals surface area contributed by atoms with E-state index in [2.05, 4.69) is 15.1 Å². The van der Waals surface area contributed by atoms with E-state index in [4.69, 9.17) is 4.74 Å². The van der Waals surface area contributed by atoms with E-state index in [9.17, 15) is 26.7 Å². The van der Waals surface area contributed by atoms with E-state index in [1.54, 1.807) is 0 Å². The minimum Gasteiger partial charge on any atom is -0.375 e. The van der Waals surface area contributed by atoms with Crippen LogP contribution in [0.15, 0.2) is 30.7 Å². The molecule has 0 unspecified atom stereocenters. The fourth-order valence-electron chi connectivity index (χ4n) is 6.16. The molecule has 4 fully saturated rings. The smallest absolute Gasteiger partial charge is 0.375 e. The van der Waals surface area contributed by atoms with Gasteiger partial charge in [-0.2, -0.15) is 18.3 Å². The van der Waals surface area contributed by atoms with Gasteiger partial charge in [0.25, 0.3) is 5.91 Å². The minimum absolute atomic E-state index is 0.00956. The summed E-state index contributed by atoms with van der Waals surface area (Å²) in [6.45, 7) is -1.42. The molecular formula is C24H19F5N6O2. The average molecular weight is 518 g/mol. The van der Waals surface area contributed by atoms with Crippen LogP contribution in [0.3, 0.4) is 0 Å². The summed E-state index contributed by atoms with van der Waals surface area (Å²) >= 11 is 0. The molecule has 8 heterocycles. The molecule has 4 aromatic heterocycles. The van der Waals surface area contributed by atoms with Crippen molar-refractivity contribution in [3.8, 4) is 11.4 Å². The zero-order valence-corrected chi connectivity index (χ0v) is 19.1. The molecule has 0 radical (unpaired) electrons. The monoisotopic (exact) mass is 518 g/mol. The molecule has 8 rings (SSSR count). The second-order valence-electron chi connectivity index (χ2n) is 9.89. The number of ether oxygens (including phenoxy) is 1. The molecule has 8 nitrogen and oxygen atoms in total. The van der Waals surface area contributed by atoms with Crippen LogP contribution in [0, 0.1) is 11.6 Å². The van der Waals surface area contributed by atoms with E-state index in [1.165, 1.54) is 18.5 Å². The Hall–Kier alpha value is -3.61. The maximum atomic E-state index is 14.2. The Morgan fingerprint density at radius 3 is 2.41 bits per heavy atom. The maximum absolute atomic E-state index is 14.2. The van der Waals surface area contributed by atoms with Gasteiger partial charge in [-0.05, 0) is 31.7 Å². The lowest BCUT2D eigenvalue weighted by atomic mass is 9.78. The van der Waals surface area contributed by atoms with Crippen LogP contribution in [-0.4, -0.2) is 65.4 Å². The van der Waals surface area contributed by atoms with Crippen molar-refractivity contribution in [2.75, 3.05) is 0 Å². The number of carbonyl (C=O) groups is 1. The van der Waals surface area contributed by atoms with Gasteiger partial charge >= 0.3 is 6.18 Å². The molecule has 0 N–H and O–H groups in total. The number of hydrogen-bond donors (Lipinski definition) is 0. The highest BCUT2D eigenvalue weighted by Crippen LogP contribution is 2.43. The first-order valence-corrected chi connectivity index (χ1v) is 11.9. The van der Waals surface area contributed by atoms with Gasteiger partial charge in [0.15, 0.2) is 11.5 Å². The topological polar surface area (TPSA) is 77.6 Å². The zero-order valence-electron chi connectivity index (χ0n) is 19.1. The predicted molar refractivity (Wildman–Crippen MR) is 119 cm³/mol. The molecule has 0 aliphatic carbocycles. The van der Waals surface area contributed by atoms with Gasteiger partial charge in [-0.25, -0.2) is 13.8 Å². The lowest BCUT2D eigenvalue weighted by Gasteiger charge is -2.56. The van der Waals surface area contributed by atoms with Crippen molar-refractivity contribution >= 4 is 22.5 Å². The summed E-state index contributed by atoms with van der Waals surface area (Å²) in [4.78, 5) is 23.6.